The van der Waals surface area contributed by atoms with E-state index >= 15 is 0 Å². The molecule has 0 bridgehead atoms. The molecule has 256 valence electrons. The summed E-state index contributed by atoms with van der Waals surface area (Å²) in [5.41, 5.74) is 0.433. The lowest BCUT2D eigenvalue weighted by molar-refractivity contribution is -0.148. The number of hydrogen-bond donors (Lipinski definition) is 0. The second-order valence-electron chi connectivity index (χ2n) is 16.5. The molecule has 9 heteroatoms. The monoisotopic (exact) mass is 656 g/mol. The molecule has 4 fully saturated rings. The van der Waals surface area contributed by atoms with Gasteiger partial charge in [-0.3, -0.25) is 19.3 Å². The Balaban J connectivity index is 1.47. The lowest BCUT2D eigenvalue weighted by Gasteiger charge is -2.38. The zero-order valence-corrected chi connectivity index (χ0v) is 30.0. The van der Waals surface area contributed by atoms with Crippen molar-refractivity contribution in [3.8, 4) is 0 Å². The van der Waals surface area contributed by atoms with E-state index in [1.165, 1.54) is 12.8 Å². The van der Waals surface area contributed by atoms with Crippen molar-refractivity contribution < 1.29 is 19.1 Å². The third kappa shape index (κ3) is 7.92. The summed E-state index contributed by atoms with van der Waals surface area (Å²) in [7, 11) is 0. The molecule has 46 heavy (non-hydrogen) atoms. The van der Waals surface area contributed by atoms with Crippen molar-refractivity contribution in [1.82, 2.24) is 19.6 Å². The van der Waals surface area contributed by atoms with Crippen molar-refractivity contribution in [1.29, 1.82) is 0 Å². The van der Waals surface area contributed by atoms with Crippen LogP contribution in [0.4, 0.5) is 0 Å². The van der Waals surface area contributed by atoms with Crippen LogP contribution < -0.4 is 0 Å². The van der Waals surface area contributed by atoms with Gasteiger partial charge in [0.2, 0.25) is 17.7 Å². The predicted octanol–water partition coefficient (Wildman–Crippen LogP) is 5.68. The zero-order chi connectivity index (χ0) is 33.4. The number of amides is 3. The Kier molecular flexibility index (Phi) is 10.8. The van der Waals surface area contributed by atoms with E-state index in [1.54, 1.807) is 0 Å². The number of carbonyl (C=O) groups excluding carboxylic acids is 3. The van der Waals surface area contributed by atoms with Crippen molar-refractivity contribution in [3.05, 3.63) is 34.9 Å². The Bertz CT molecular complexity index is 1230. The van der Waals surface area contributed by atoms with Gasteiger partial charge in [0, 0.05) is 61.2 Å². The highest BCUT2D eigenvalue weighted by Gasteiger charge is 2.50. The third-order valence-corrected chi connectivity index (χ3v) is 11.2. The van der Waals surface area contributed by atoms with Crippen LogP contribution in [0.1, 0.15) is 92.1 Å². The van der Waals surface area contributed by atoms with Crippen molar-refractivity contribution in [2.75, 3.05) is 52.5 Å². The van der Waals surface area contributed by atoms with E-state index in [-0.39, 0.29) is 41.1 Å². The minimum atomic E-state index is -0.591. The van der Waals surface area contributed by atoms with Crippen LogP contribution in [0.15, 0.2) is 24.3 Å². The summed E-state index contributed by atoms with van der Waals surface area (Å²) in [6.45, 7) is 19.4. The van der Waals surface area contributed by atoms with Gasteiger partial charge < -0.3 is 19.4 Å². The highest BCUT2D eigenvalue weighted by atomic mass is 35.5. The van der Waals surface area contributed by atoms with Gasteiger partial charge in [-0.1, -0.05) is 64.3 Å². The molecule has 1 aliphatic carbocycles. The second kappa shape index (κ2) is 14.1. The smallest absolute Gasteiger partial charge is 0.245 e. The average Bonchev–Trinajstić information content (AvgIpc) is 3.66. The van der Waals surface area contributed by atoms with E-state index in [0.29, 0.717) is 63.3 Å². The number of carbonyl (C=O) groups is 3. The standard InChI is InChI=1S/C37H57ClN4O4/c1-25-8-10-26(11-9-25)21-41(35(45)36(2,3)4)29-20-32(34(44)39-16-18-46-19-17-39)42(22-29)33(43)31-24-40(37(5,6)7)23-30(31)27-12-14-28(38)15-13-27/h12-15,25-26,29-32H,8-11,16-24H2,1-7H3/t25?,26?,29-,30-,31+,32-/m0/s1. The number of halogens is 1. The second-order valence-corrected chi connectivity index (χ2v) is 16.9. The number of nitrogens with zero attached hydrogens (tertiary/aromatic N) is 4. The van der Waals surface area contributed by atoms with Gasteiger partial charge in [-0.2, -0.15) is 0 Å². The highest BCUT2D eigenvalue weighted by molar-refractivity contribution is 6.30. The molecule has 3 aliphatic heterocycles. The Morgan fingerprint density at radius 1 is 0.891 bits per heavy atom. The average molecular weight is 657 g/mol. The first kappa shape index (κ1) is 35.2. The maximum absolute atomic E-state index is 14.9. The van der Waals surface area contributed by atoms with Gasteiger partial charge in [-0.25, -0.2) is 0 Å². The van der Waals surface area contributed by atoms with Gasteiger partial charge in [0.25, 0.3) is 0 Å². The SMILES string of the molecule is CC1CCC(CN(C(=O)C(C)(C)C)[C@H]2C[C@@H](C(=O)N3CCOCC3)N(C(=O)[C@@H]3CN(C(C)(C)C)C[C@H]3c3ccc(Cl)cc3)C2)CC1. The van der Waals surface area contributed by atoms with Crippen LogP contribution in [-0.2, 0) is 19.1 Å². The molecule has 0 radical (unpaired) electrons. The molecule has 3 heterocycles. The Hall–Kier alpha value is -2.16. The lowest BCUT2D eigenvalue weighted by Crippen LogP contribution is -2.52. The van der Waals surface area contributed by atoms with Crippen LogP contribution in [0.2, 0.25) is 5.02 Å². The molecule has 0 aromatic heterocycles. The molecule has 1 saturated carbocycles. The number of rotatable bonds is 6. The van der Waals surface area contributed by atoms with Crippen LogP contribution in [0.5, 0.6) is 0 Å². The van der Waals surface area contributed by atoms with Crippen molar-refractivity contribution >= 4 is 29.3 Å². The van der Waals surface area contributed by atoms with Crippen LogP contribution in [0.3, 0.4) is 0 Å². The first-order chi connectivity index (χ1) is 21.6. The topological polar surface area (TPSA) is 73.4 Å². The van der Waals surface area contributed by atoms with Crippen molar-refractivity contribution in [3.63, 3.8) is 0 Å². The molecule has 5 rings (SSSR count). The minimum Gasteiger partial charge on any atom is -0.378 e. The molecule has 8 nitrogen and oxygen atoms in total. The zero-order valence-electron chi connectivity index (χ0n) is 29.3. The summed E-state index contributed by atoms with van der Waals surface area (Å²) >= 11 is 6.26. The summed E-state index contributed by atoms with van der Waals surface area (Å²) in [5.74, 6) is 0.986. The van der Waals surface area contributed by atoms with Crippen molar-refractivity contribution in [2.45, 2.75) is 104 Å². The Labute approximate surface area is 282 Å². The van der Waals surface area contributed by atoms with Gasteiger partial charge in [0.15, 0.2) is 0 Å². The number of hydrogen-bond acceptors (Lipinski definition) is 5. The highest BCUT2D eigenvalue weighted by Crippen LogP contribution is 2.40. The van der Waals surface area contributed by atoms with Gasteiger partial charge in [-0.05, 0) is 69.6 Å². The lowest BCUT2D eigenvalue weighted by atomic mass is 9.82. The molecule has 3 amide bonds. The molecule has 4 atom stereocenters. The number of morpholine rings is 1. The predicted molar refractivity (Wildman–Crippen MR) is 183 cm³/mol. The fourth-order valence-corrected chi connectivity index (χ4v) is 8.12. The van der Waals surface area contributed by atoms with E-state index in [2.05, 4.69) is 37.5 Å². The fraction of sp³-hybridized carbons (Fsp3) is 0.757. The summed E-state index contributed by atoms with van der Waals surface area (Å²) in [6, 6.07) is 7.09. The molecular weight excluding hydrogens is 600 g/mol. The van der Waals surface area contributed by atoms with Crippen LogP contribution in [0.25, 0.3) is 0 Å². The van der Waals surface area contributed by atoms with Crippen LogP contribution in [-0.4, -0.2) is 107 Å². The van der Waals surface area contributed by atoms with Crippen LogP contribution >= 0.6 is 11.6 Å². The molecule has 3 saturated heterocycles. The molecule has 0 spiro atoms. The summed E-state index contributed by atoms with van der Waals surface area (Å²) in [6.07, 6.45) is 5.09. The van der Waals surface area contributed by atoms with E-state index in [1.807, 2.05) is 54.8 Å². The molecular formula is C37H57ClN4O4. The largest absolute Gasteiger partial charge is 0.378 e. The van der Waals surface area contributed by atoms with Crippen molar-refractivity contribution in [2.24, 2.45) is 23.2 Å². The molecule has 1 aromatic carbocycles. The summed E-state index contributed by atoms with van der Waals surface area (Å²) < 4.78 is 5.56. The van der Waals surface area contributed by atoms with E-state index in [9.17, 15) is 14.4 Å². The van der Waals surface area contributed by atoms with Gasteiger partial charge in [-0.15, -0.1) is 0 Å². The van der Waals surface area contributed by atoms with Gasteiger partial charge in [0.05, 0.1) is 25.2 Å². The van der Waals surface area contributed by atoms with E-state index < -0.39 is 11.5 Å². The van der Waals surface area contributed by atoms with Gasteiger partial charge in [0.1, 0.15) is 6.04 Å². The maximum Gasteiger partial charge on any atom is 0.245 e. The van der Waals surface area contributed by atoms with Gasteiger partial charge >= 0.3 is 0 Å². The third-order valence-electron chi connectivity index (χ3n) is 11.0. The summed E-state index contributed by atoms with van der Waals surface area (Å²) in [4.78, 5) is 51.5. The number of benzene rings is 1. The van der Waals surface area contributed by atoms with E-state index in [0.717, 1.165) is 30.9 Å². The quantitative estimate of drug-likeness (QED) is 0.394. The number of ether oxygens (including phenoxy) is 1. The molecule has 0 N–H and O–H groups in total. The van der Waals surface area contributed by atoms with E-state index in [4.69, 9.17) is 16.3 Å². The maximum atomic E-state index is 14.9. The first-order valence-electron chi connectivity index (χ1n) is 17.6. The Morgan fingerprint density at radius 2 is 1.52 bits per heavy atom. The van der Waals surface area contributed by atoms with Crippen LogP contribution in [0, 0.1) is 23.2 Å². The molecule has 4 aliphatic rings. The fourth-order valence-electron chi connectivity index (χ4n) is 7.99. The minimum absolute atomic E-state index is 0.0116. The normalized spacial score (nSPS) is 29.7. The molecule has 0 unspecified atom stereocenters. The number of likely N-dealkylation sites (tertiary alicyclic amines) is 2. The first-order valence-corrected chi connectivity index (χ1v) is 18.0. The Morgan fingerprint density at radius 3 is 2.11 bits per heavy atom. The summed E-state index contributed by atoms with van der Waals surface area (Å²) in [5, 5.41) is 0.673. The molecule has 1 aromatic rings.